The van der Waals surface area contributed by atoms with Crippen LogP contribution in [0.5, 0.6) is 0 Å². The van der Waals surface area contributed by atoms with E-state index in [0.29, 0.717) is 16.4 Å². The molecule has 1 aromatic carbocycles. The van der Waals surface area contributed by atoms with Crippen molar-refractivity contribution in [3.8, 4) is 5.69 Å². The smallest absolute Gasteiger partial charge is 0.240 e. The fourth-order valence-corrected chi connectivity index (χ4v) is 3.13. The van der Waals surface area contributed by atoms with Crippen molar-refractivity contribution in [2.75, 3.05) is 0 Å². The molecule has 4 aromatic rings. The van der Waals surface area contributed by atoms with Crippen molar-refractivity contribution >= 4 is 44.0 Å². The summed E-state index contributed by atoms with van der Waals surface area (Å²) >= 11 is 9.32. The van der Waals surface area contributed by atoms with Gasteiger partial charge in [-0.1, -0.05) is 33.6 Å². The lowest BCUT2D eigenvalue weighted by atomic mass is 10.2. The molecule has 0 fully saturated rings. The predicted molar refractivity (Wildman–Crippen MR) is 87.6 cm³/mol. The van der Waals surface area contributed by atoms with Gasteiger partial charge in [0.1, 0.15) is 5.15 Å². The fourth-order valence-electron chi connectivity index (χ4n) is 2.46. The Kier molecular flexibility index (Phi) is 3.02. The Labute approximate surface area is 137 Å². The van der Waals surface area contributed by atoms with Crippen molar-refractivity contribution < 1.29 is 4.52 Å². The number of benzene rings is 1. The highest BCUT2D eigenvalue weighted by molar-refractivity contribution is 9.10. The molecule has 0 amide bonds. The number of nitrogens with one attached hydrogen (secondary N) is 1. The number of para-hydroxylation sites is 1. The van der Waals surface area contributed by atoms with E-state index in [4.69, 9.17) is 11.6 Å². The average molecular weight is 377 g/mol. The first-order valence-electron chi connectivity index (χ1n) is 6.51. The van der Waals surface area contributed by atoms with Gasteiger partial charge in [-0.05, 0) is 40.2 Å². The number of fused-ring (bicyclic) bond motifs is 3. The molecule has 4 rings (SSSR count). The van der Waals surface area contributed by atoms with Crippen molar-refractivity contribution in [1.29, 1.82) is 0 Å². The number of nitrogens with zero attached hydrogens (tertiary/aromatic N) is 3. The standard InChI is InChI=1S/C15H8BrClN4O/c16-11-7-13-15(22)20(9-5-6-14(17)18-8-9)19-21(13)12-4-2-1-3-10(11)12/h1-8H/p+1. The number of halogens is 2. The van der Waals surface area contributed by atoms with Gasteiger partial charge < -0.3 is 0 Å². The largest absolute Gasteiger partial charge is 0.406 e. The Balaban J connectivity index is 2.11. The Morgan fingerprint density at radius 3 is 2.77 bits per heavy atom. The van der Waals surface area contributed by atoms with Gasteiger partial charge in [0.2, 0.25) is 5.52 Å². The van der Waals surface area contributed by atoms with Gasteiger partial charge in [-0.25, -0.2) is 9.78 Å². The highest BCUT2D eigenvalue weighted by Gasteiger charge is 2.20. The predicted octanol–water partition coefficient (Wildman–Crippen LogP) is 2.87. The van der Waals surface area contributed by atoms with Crippen LogP contribution in [0.4, 0.5) is 0 Å². The van der Waals surface area contributed by atoms with Crippen molar-refractivity contribution in [3.63, 3.8) is 0 Å². The third-order valence-electron chi connectivity index (χ3n) is 3.50. The van der Waals surface area contributed by atoms with Crippen molar-refractivity contribution in [2.24, 2.45) is 0 Å². The first kappa shape index (κ1) is 13.5. The lowest BCUT2D eigenvalue weighted by Gasteiger charge is -1.97. The van der Waals surface area contributed by atoms with Gasteiger partial charge in [0, 0.05) is 15.9 Å². The van der Waals surface area contributed by atoms with Crippen LogP contribution in [0.2, 0.25) is 5.15 Å². The molecule has 3 aromatic heterocycles. The molecule has 5 nitrogen and oxygen atoms in total. The molecule has 22 heavy (non-hydrogen) atoms. The van der Waals surface area contributed by atoms with E-state index >= 15 is 0 Å². The maximum atomic E-state index is 12.6. The second kappa shape index (κ2) is 4.93. The monoisotopic (exact) mass is 375 g/mol. The van der Waals surface area contributed by atoms with Gasteiger partial charge in [-0.2, -0.15) is 0 Å². The summed E-state index contributed by atoms with van der Waals surface area (Å²) in [5, 5.41) is 4.49. The average Bonchev–Trinajstić information content (AvgIpc) is 2.86. The van der Waals surface area contributed by atoms with Gasteiger partial charge in [0.05, 0.1) is 6.20 Å². The Hall–Kier alpha value is -2.18. The highest BCUT2D eigenvalue weighted by Crippen LogP contribution is 2.21. The Morgan fingerprint density at radius 2 is 2.00 bits per heavy atom. The van der Waals surface area contributed by atoms with Crippen LogP contribution in [-0.2, 0) is 0 Å². The van der Waals surface area contributed by atoms with Crippen LogP contribution in [0.3, 0.4) is 0 Å². The summed E-state index contributed by atoms with van der Waals surface area (Å²) in [7, 11) is 0. The Bertz CT molecular complexity index is 1070. The molecule has 0 aliphatic heterocycles. The van der Waals surface area contributed by atoms with Gasteiger partial charge in [-0.3, -0.25) is 0 Å². The van der Waals surface area contributed by atoms with Gasteiger partial charge in [0.25, 0.3) is 0 Å². The molecule has 0 atom stereocenters. The van der Waals surface area contributed by atoms with Crippen LogP contribution in [0.25, 0.3) is 22.1 Å². The lowest BCUT2D eigenvalue weighted by molar-refractivity contribution is -0.555. The van der Waals surface area contributed by atoms with E-state index in [1.54, 1.807) is 28.9 Å². The summed E-state index contributed by atoms with van der Waals surface area (Å²) in [4.78, 5) is 16.7. The highest BCUT2D eigenvalue weighted by atomic mass is 79.9. The van der Waals surface area contributed by atoms with Gasteiger partial charge in [0.15, 0.2) is 11.2 Å². The van der Waals surface area contributed by atoms with Crippen LogP contribution in [-0.4, -0.2) is 14.9 Å². The summed E-state index contributed by atoms with van der Waals surface area (Å²) in [6.07, 6.45) is 1.55. The third-order valence-corrected chi connectivity index (χ3v) is 4.38. The Morgan fingerprint density at radius 1 is 1.18 bits per heavy atom. The van der Waals surface area contributed by atoms with Crippen LogP contribution in [0, 0.1) is 0 Å². The van der Waals surface area contributed by atoms with Crippen molar-refractivity contribution in [1.82, 2.24) is 14.9 Å². The van der Waals surface area contributed by atoms with E-state index in [1.807, 2.05) is 24.3 Å². The number of H-pyrrole nitrogens is 1. The van der Waals surface area contributed by atoms with Gasteiger partial charge >= 0.3 is 5.56 Å². The van der Waals surface area contributed by atoms with Crippen LogP contribution in [0.15, 0.2) is 57.9 Å². The number of rotatable bonds is 1. The maximum Gasteiger partial charge on any atom is 0.406 e. The molecule has 3 heterocycles. The summed E-state index contributed by atoms with van der Waals surface area (Å²) < 4.78 is 4.08. The second-order valence-electron chi connectivity index (χ2n) is 4.81. The number of pyridine rings is 2. The first-order chi connectivity index (χ1) is 10.6. The summed E-state index contributed by atoms with van der Waals surface area (Å²) in [6.45, 7) is 0. The molecule has 108 valence electrons. The quantitative estimate of drug-likeness (QED) is 0.410. The second-order valence-corrected chi connectivity index (χ2v) is 6.05. The summed E-state index contributed by atoms with van der Waals surface area (Å²) in [5.74, 6) is 0. The molecule has 0 saturated heterocycles. The molecular formula is C15H9BrClN4O+. The first-order valence-corrected chi connectivity index (χ1v) is 7.68. The van der Waals surface area contributed by atoms with Crippen LogP contribution >= 0.6 is 27.5 Å². The minimum Gasteiger partial charge on any atom is -0.240 e. The molecule has 0 bridgehead atoms. The molecular weight excluding hydrogens is 368 g/mol. The summed E-state index contributed by atoms with van der Waals surface area (Å²) in [6, 6.07) is 13.0. The van der Waals surface area contributed by atoms with Crippen molar-refractivity contribution in [3.05, 3.63) is 68.6 Å². The van der Waals surface area contributed by atoms with Crippen LogP contribution in [0.1, 0.15) is 0 Å². The molecule has 0 radical (unpaired) electrons. The molecule has 0 spiro atoms. The molecule has 0 unspecified atom stereocenters. The van der Waals surface area contributed by atoms with E-state index in [0.717, 1.165) is 15.4 Å². The zero-order chi connectivity index (χ0) is 15.3. The topological polar surface area (TPSA) is 54.8 Å². The zero-order valence-electron chi connectivity index (χ0n) is 11.1. The van der Waals surface area contributed by atoms with E-state index < -0.39 is 0 Å². The number of hydrogen-bond donors (Lipinski definition) is 1. The van der Waals surface area contributed by atoms with Gasteiger partial charge in [-0.15, -0.1) is 4.52 Å². The molecule has 0 aliphatic rings. The lowest BCUT2D eigenvalue weighted by Crippen LogP contribution is -2.26. The van der Waals surface area contributed by atoms with E-state index in [2.05, 4.69) is 26.1 Å². The summed E-state index contributed by atoms with van der Waals surface area (Å²) in [5.41, 5.74) is 1.92. The maximum absolute atomic E-state index is 12.6. The van der Waals surface area contributed by atoms with Crippen LogP contribution < -0.4 is 10.1 Å². The van der Waals surface area contributed by atoms with E-state index in [1.165, 1.54) is 4.68 Å². The number of aromatic amines is 1. The third kappa shape index (κ3) is 1.95. The molecule has 0 aliphatic carbocycles. The number of hydrogen-bond acceptors (Lipinski definition) is 2. The minimum atomic E-state index is -0.157. The van der Waals surface area contributed by atoms with E-state index in [-0.39, 0.29) is 5.56 Å². The molecule has 0 saturated carbocycles. The number of aromatic nitrogens is 4. The van der Waals surface area contributed by atoms with E-state index in [9.17, 15) is 4.79 Å². The normalized spacial score (nSPS) is 11.4. The molecule has 1 N–H and O–H groups in total. The zero-order valence-corrected chi connectivity index (χ0v) is 13.5. The SMILES string of the molecule is O=c1c2cc(Br)c3ccccc3[n+]2[nH]n1-c1ccc(Cl)nc1. The van der Waals surface area contributed by atoms with Crippen molar-refractivity contribution in [2.45, 2.75) is 0 Å². The molecule has 7 heteroatoms. The minimum absolute atomic E-state index is 0.157. The fraction of sp³-hybridized carbons (Fsp3) is 0.